The minimum atomic E-state index is -0.174. The molecule has 6 nitrogen and oxygen atoms in total. The van der Waals surface area contributed by atoms with Crippen LogP contribution < -0.4 is 5.32 Å². The van der Waals surface area contributed by atoms with E-state index >= 15 is 0 Å². The van der Waals surface area contributed by atoms with Crippen LogP contribution in [0.15, 0.2) is 12.7 Å². The Morgan fingerprint density at radius 3 is 3.00 bits per heavy atom. The number of aromatic nitrogens is 4. The van der Waals surface area contributed by atoms with Crippen LogP contribution in [0.5, 0.6) is 0 Å². The van der Waals surface area contributed by atoms with Crippen molar-refractivity contribution >= 4 is 17.0 Å². The van der Waals surface area contributed by atoms with Crippen LogP contribution in [-0.2, 0) is 0 Å². The van der Waals surface area contributed by atoms with Gasteiger partial charge in [-0.15, -0.1) is 0 Å². The number of aliphatic hydroxyl groups excluding tert-OH is 1. The number of anilines is 1. The summed E-state index contributed by atoms with van der Waals surface area (Å²) in [5.41, 5.74) is 1.25. The standard InChI is InChI=1S/C9H11N5O/c15-3-9(1-2-9)14-8-6-7(11-4-10-6)12-5-13-8/h4-5,15H,1-3H2,(H2,10,11,12,13,14). The van der Waals surface area contributed by atoms with Crippen LogP contribution in [0, 0.1) is 0 Å². The van der Waals surface area contributed by atoms with E-state index in [1.165, 1.54) is 6.33 Å². The van der Waals surface area contributed by atoms with Crippen molar-refractivity contribution in [1.82, 2.24) is 19.9 Å². The SMILES string of the molecule is OCC1(Nc2ncnc3nc[nH]c23)CC1. The maximum atomic E-state index is 9.21. The van der Waals surface area contributed by atoms with Crippen molar-refractivity contribution in [2.75, 3.05) is 11.9 Å². The first-order chi connectivity index (χ1) is 7.33. The lowest BCUT2D eigenvalue weighted by Crippen LogP contribution is -2.26. The molecule has 0 aromatic carbocycles. The first-order valence-corrected chi connectivity index (χ1v) is 4.86. The number of nitrogens with one attached hydrogen (secondary N) is 2. The molecule has 2 heterocycles. The lowest BCUT2D eigenvalue weighted by molar-refractivity contribution is 0.266. The first-order valence-electron chi connectivity index (χ1n) is 4.86. The Morgan fingerprint density at radius 2 is 2.27 bits per heavy atom. The maximum Gasteiger partial charge on any atom is 0.182 e. The largest absolute Gasteiger partial charge is 0.394 e. The number of hydrogen-bond acceptors (Lipinski definition) is 5. The Balaban J connectivity index is 2.00. The number of imidazole rings is 1. The van der Waals surface area contributed by atoms with Crippen LogP contribution in [0.1, 0.15) is 12.8 Å². The van der Waals surface area contributed by atoms with Crippen LogP contribution in [0.25, 0.3) is 11.2 Å². The summed E-state index contributed by atoms with van der Waals surface area (Å²) >= 11 is 0. The van der Waals surface area contributed by atoms with E-state index < -0.39 is 0 Å². The van der Waals surface area contributed by atoms with E-state index in [-0.39, 0.29) is 12.1 Å². The molecule has 0 aliphatic heterocycles. The number of rotatable bonds is 3. The van der Waals surface area contributed by atoms with Crippen LogP contribution >= 0.6 is 0 Å². The quantitative estimate of drug-likeness (QED) is 0.670. The molecule has 3 rings (SSSR count). The maximum absolute atomic E-state index is 9.21. The fourth-order valence-corrected chi connectivity index (χ4v) is 1.58. The first kappa shape index (κ1) is 8.60. The van der Waals surface area contributed by atoms with Gasteiger partial charge >= 0.3 is 0 Å². The molecule has 0 unspecified atom stereocenters. The van der Waals surface area contributed by atoms with Gasteiger partial charge in [-0.05, 0) is 12.8 Å². The van der Waals surface area contributed by atoms with Crippen LogP contribution in [0.3, 0.4) is 0 Å². The second kappa shape index (κ2) is 2.90. The minimum absolute atomic E-state index is 0.132. The molecule has 78 valence electrons. The molecule has 15 heavy (non-hydrogen) atoms. The summed E-state index contributed by atoms with van der Waals surface area (Å²) in [6.45, 7) is 0.132. The molecule has 0 bridgehead atoms. The summed E-state index contributed by atoms with van der Waals surface area (Å²) in [4.78, 5) is 15.2. The molecule has 0 radical (unpaired) electrons. The Bertz CT molecular complexity index is 490. The fourth-order valence-electron chi connectivity index (χ4n) is 1.58. The van der Waals surface area contributed by atoms with Gasteiger partial charge < -0.3 is 15.4 Å². The van der Waals surface area contributed by atoms with E-state index in [0.717, 1.165) is 18.4 Å². The van der Waals surface area contributed by atoms with Crippen LogP contribution in [0.4, 0.5) is 5.82 Å². The van der Waals surface area contributed by atoms with Crippen LogP contribution in [0.2, 0.25) is 0 Å². The molecule has 2 aromatic heterocycles. The van der Waals surface area contributed by atoms with E-state index in [1.54, 1.807) is 6.33 Å². The predicted molar refractivity (Wildman–Crippen MR) is 54.4 cm³/mol. The van der Waals surface area contributed by atoms with E-state index in [0.29, 0.717) is 11.5 Å². The Hall–Kier alpha value is -1.69. The van der Waals surface area contributed by atoms with Crippen molar-refractivity contribution in [2.45, 2.75) is 18.4 Å². The molecule has 0 spiro atoms. The van der Waals surface area contributed by atoms with E-state index in [9.17, 15) is 5.11 Å². The monoisotopic (exact) mass is 205 g/mol. The third-order valence-corrected chi connectivity index (χ3v) is 2.76. The molecule has 1 aliphatic carbocycles. The Labute approximate surface area is 85.8 Å². The molecule has 1 fully saturated rings. The number of fused-ring (bicyclic) bond motifs is 1. The van der Waals surface area contributed by atoms with Gasteiger partial charge in [-0.1, -0.05) is 0 Å². The Morgan fingerprint density at radius 1 is 1.40 bits per heavy atom. The normalized spacial score (nSPS) is 17.9. The molecular formula is C9H11N5O. The molecule has 3 N–H and O–H groups in total. The highest BCUT2D eigenvalue weighted by Gasteiger charge is 2.42. The van der Waals surface area contributed by atoms with E-state index in [2.05, 4.69) is 25.3 Å². The van der Waals surface area contributed by atoms with Crippen molar-refractivity contribution in [3.05, 3.63) is 12.7 Å². The van der Waals surface area contributed by atoms with Crippen molar-refractivity contribution in [3.63, 3.8) is 0 Å². The van der Waals surface area contributed by atoms with Gasteiger partial charge in [-0.3, -0.25) is 0 Å². The number of aliphatic hydroxyl groups is 1. The number of nitrogens with zero attached hydrogens (tertiary/aromatic N) is 3. The van der Waals surface area contributed by atoms with Gasteiger partial charge in [-0.25, -0.2) is 15.0 Å². The molecule has 1 saturated carbocycles. The van der Waals surface area contributed by atoms with Crippen molar-refractivity contribution in [3.8, 4) is 0 Å². The van der Waals surface area contributed by atoms with E-state index in [4.69, 9.17) is 0 Å². The molecule has 0 atom stereocenters. The molecular weight excluding hydrogens is 194 g/mol. The topological polar surface area (TPSA) is 86.7 Å². The van der Waals surface area contributed by atoms with Crippen LogP contribution in [-0.4, -0.2) is 37.2 Å². The number of aromatic amines is 1. The van der Waals surface area contributed by atoms with Crippen molar-refractivity contribution in [2.24, 2.45) is 0 Å². The highest BCUT2D eigenvalue weighted by Crippen LogP contribution is 2.38. The van der Waals surface area contributed by atoms with E-state index in [1.807, 2.05) is 0 Å². The zero-order chi connectivity index (χ0) is 10.3. The number of hydrogen-bond donors (Lipinski definition) is 3. The highest BCUT2D eigenvalue weighted by molar-refractivity contribution is 5.82. The zero-order valence-electron chi connectivity index (χ0n) is 8.06. The predicted octanol–water partition coefficient (Wildman–Crippen LogP) is 0.290. The minimum Gasteiger partial charge on any atom is -0.394 e. The molecule has 0 amide bonds. The Kier molecular flexibility index (Phi) is 1.66. The molecule has 2 aromatic rings. The third-order valence-electron chi connectivity index (χ3n) is 2.76. The molecule has 1 aliphatic rings. The average molecular weight is 205 g/mol. The summed E-state index contributed by atoms with van der Waals surface area (Å²) in [6, 6.07) is 0. The lowest BCUT2D eigenvalue weighted by atomic mass is 10.3. The third kappa shape index (κ3) is 1.33. The summed E-state index contributed by atoms with van der Waals surface area (Å²) in [7, 11) is 0. The lowest BCUT2D eigenvalue weighted by Gasteiger charge is -2.14. The molecule has 6 heteroatoms. The second-order valence-electron chi connectivity index (χ2n) is 3.89. The highest BCUT2D eigenvalue weighted by atomic mass is 16.3. The van der Waals surface area contributed by atoms with Crippen molar-refractivity contribution < 1.29 is 5.11 Å². The van der Waals surface area contributed by atoms with Gasteiger partial charge in [0.15, 0.2) is 11.5 Å². The smallest absolute Gasteiger partial charge is 0.182 e. The summed E-state index contributed by atoms with van der Waals surface area (Å²) in [5.74, 6) is 0.712. The van der Waals surface area contributed by atoms with Crippen molar-refractivity contribution in [1.29, 1.82) is 0 Å². The summed E-state index contributed by atoms with van der Waals surface area (Å²) in [5, 5.41) is 12.4. The zero-order valence-corrected chi connectivity index (χ0v) is 8.06. The molecule has 0 saturated heterocycles. The van der Waals surface area contributed by atoms with Gasteiger partial charge in [-0.2, -0.15) is 0 Å². The summed E-state index contributed by atoms with van der Waals surface area (Å²) < 4.78 is 0. The van der Waals surface area contributed by atoms with Gasteiger partial charge in [0.25, 0.3) is 0 Å². The average Bonchev–Trinajstić information content (AvgIpc) is 2.87. The second-order valence-corrected chi connectivity index (χ2v) is 3.89. The summed E-state index contributed by atoms with van der Waals surface area (Å²) in [6.07, 6.45) is 5.01. The van der Waals surface area contributed by atoms with Gasteiger partial charge in [0.2, 0.25) is 0 Å². The van der Waals surface area contributed by atoms with Gasteiger partial charge in [0, 0.05) is 0 Å². The van der Waals surface area contributed by atoms with Gasteiger partial charge in [0.1, 0.15) is 11.8 Å². The number of H-pyrrole nitrogens is 1. The van der Waals surface area contributed by atoms with Gasteiger partial charge in [0.05, 0.1) is 18.5 Å². The fraction of sp³-hybridized carbons (Fsp3) is 0.444.